The third kappa shape index (κ3) is 4.52. The number of carbonyl (C=O) groups excluding carboxylic acids is 2. The molecule has 7 nitrogen and oxygen atoms in total. The molecule has 0 atom stereocenters. The van der Waals surface area contributed by atoms with Crippen LogP contribution < -0.4 is 16.8 Å². The number of pyridine rings is 1. The fourth-order valence-electron chi connectivity index (χ4n) is 3.09. The van der Waals surface area contributed by atoms with Crippen LogP contribution in [0.15, 0.2) is 48.8 Å². The van der Waals surface area contributed by atoms with Crippen LogP contribution in [-0.4, -0.2) is 21.4 Å². The smallest absolute Gasteiger partial charge is 0.397 e. The second kappa shape index (κ2) is 8.13. The van der Waals surface area contributed by atoms with Crippen LogP contribution in [0.1, 0.15) is 51.7 Å². The van der Waals surface area contributed by atoms with Crippen molar-refractivity contribution in [2.45, 2.75) is 25.9 Å². The summed E-state index contributed by atoms with van der Waals surface area (Å²) < 4.78 is 40.0. The molecule has 2 heterocycles. The summed E-state index contributed by atoms with van der Waals surface area (Å²) in [6.07, 6.45) is -1.87. The van der Waals surface area contributed by atoms with Gasteiger partial charge in [-0.05, 0) is 47.9 Å². The average Bonchev–Trinajstić information content (AvgIpc) is 3.05. The first-order chi connectivity index (χ1) is 14.5. The number of benzene rings is 1. The molecule has 0 spiro atoms. The van der Waals surface area contributed by atoms with Crippen LogP contribution >= 0.6 is 0 Å². The van der Waals surface area contributed by atoms with Gasteiger partial charge in [0.15, 0.2) is 0 Å². The van der Waals surface area contributed by atoms with E-state index in [4.69, 9.17) is 11.5 Å². The summed E-state index contributed by atoms with van der Waals surface area (Å²) in [4.78, 5) is 28.1. The molecule has 162 valence electrons. The Kier molecular flexibility index (Phi) is 5.74. The molecule has 0 aliphatic heterocycles. The Labute approximate surface area is 175 Å². The third-order valence-electron chi connectivity index (χ3n) is 4.67. The summed E-state index contributed by atoms with van der Waals surface area (Å²) in [6, 6.07) is 7.65. The van der Waals surface area contributed by atoms with Crippen molar-refractivity contribution < 1.29 is 22.8 Å². The van der Waals surface area contributed by atoms with Crippen LogP contribution in [0.2, 0.25) is 0 Å². The highest BCUT2D eigenvalue weighted by molar-refractivity contribution is 6.04. The lowest BCUT2D eigenvalue weighted by Gasteiger charge is -2.10. The molecule has 0 fully saturated rings. The summed E-state index contributed by atoms with van der Waals surface area (Å²) in [5.41, 5.74) is 12.6. The molecule has 3 aromatic rings. The Bertz CT molecular complexity index is 1130. The van der Waals surface area contributed by atoms with Crippen molar-refractivity contribution in [2.75, 3.05) is 11.1 Å². The number of nitrogens with two attached hydrogens (primary N) is 2. The highest BCUT2D eigenvalue weighted by atomic mass is 19.4. The number of aromatic nitrogens is 2. The Morgan fingerprint density at radius 2 is 1.77 bits per heavy atom. The number of primary amides is 1. The van der Waals surface area contributed by atoms with Gasteiger partial charge in [-0.15, -0.1) is 0 Å². The van der Waals surface area contributed by atoms with Crippen molar-refractivity contribution in [3.8, 4) is 5.69 Å². The van der Waals surface area contributed by atoms with Gasteiger partial charge in [0.1, 0.15) is 11.5 Å². The van der Waals surface area contributed by atoms with Gasteiger partial charge in [-0.2, -0.15) is 13.2 Å². The number of alkyl halides is 3. The van der Waals surface area contributed by atoms with E-state index in [1.165, 1.54) is 12.1 Å². The van der Waals surface area contributed by atoms with E-state index >= 15 is 0 Å². The first-order valence-electron chi connectivity index (χ1n) is 9.24. The van der Waals surface area contributed by atoms with Crippen molar-refractivity contribution in [3.63, 3.8) is 0 Å². The van der Waals surface area contributed by atoms with Gasteiger partial charge in [0.25, 0.3) is 11.8 Å². The number of anilines is 2. The van der Waals surface area contributed by atoms with E-state index in [-0.39, 0.29) is 23.0 Å². The van der Waals surface area contributed by atoms with Crippen LogP contribution in [0.25, 0.3) is 5.69 Å². The maximum atomic E-state index is 12.8. The highest BCUT2D eigenvalue weighted by Crippen LogP contribution is 2.31. The molecule has 3 rings (SSSR count). The number of nitrogens with one attached hydrogen (secondary N) is 1. The number of nitrogens with zero attached hydrogens (tertiary/aromatic N) is 2. The molecule has 0 radical (unpaired) electrons. The van der Waals surface area contributed by atoms with Gasteiger partial charge >= 0.3 is 6.18 Å². The van der Waals surface area contributed by atoms with E-state index in [1.807, 2.05) is 13.8 Å². The second-order valence-electron chi connectivity index (χ2n) is 7.16. The van der Waals surface area contributed by atoms with Crippen molar-refractivity contribution >= 4 is 23.3 Å². The first kappa shape index (κ1) is 21.9. The van der Waals surface area contributed by atoms with E-state index in [1.54, 1.807) is 22.9 Å². The number of amides is 2. The van der Waals surface area contributed by atoms with Gasteiger partial charge in [-0.1, -0.05) is 13.8 Å². The Morgan fingerprint density at radius 3 is 2.32 bits per heavy atom. The molecule has 0 aliphatic carbocycles. The topological polar surface area (TPSA) is 116 Å². The normalized spacial score (nSPS) is 11.5. The molecule has 2 aromatic heterocycles. The third-order valence-corrected chi connectivity index (χ3v) is 4.67. The number of halogens is 3. The quantitative estimate of drug-likeness (QED) is 0.567. The predicted octanol–water partition coefficient (Wildman–Crippen LogP) is 3.95. The zero-order valence-corrected chi connectivity index (χ0v) is 16.7. The highest BCUT2D eigenvalue weighted by Gasteiger charge is 2.31. The molecule has 0 aliphatic rings. The van der Waals surface area contributed by atoms with Gasteiger partial charge in [0, 0.05) is 23.6 Å². The second-order valence-corrected chi connectivity index (χ2v) is 7.16. The summed E-state index contributed by atoms with van der Waals surface area (Å²) in [6.45, 7) is 3.85. The zero-order chi connectivity index (χ0) is 22.9. The Morgan fingerprint density at radius 1 is 1.13 bits per heavy atom. The largest absolute Gasteiger partial charge is 0.416 e. The lowest BCUT2D eigenvalue weighted by molar-refractivity contribution is -0.137. The SMILES string of the molecule is CC(C)c1cn(-c2ccc(C(=O)Nc3cc(C(F)(F)F)ccn3)cc2)c(C(N)=O)c1N. The fraction of sp³-hybridized carbons (Fsp3) is 0.190. The maximum Gasteiger partial charge on any atom is 0.416 e. The summed E-state index contributed by atoms with van der Waals surface area (Å²) in [5, 5.41) is 2.34. The van der Waals surface area contributed by atoms with Gasteiger partial charge < -0.3 is 21.4 Å². The maximum absolute atomic E-state index is 12.8. The molecule has 1 aromatic carbocycles. The molecule has 31 heavy (non-hydrogen) atoms. The molecule has 0 saturated carbocycles. The van der Waals surface area contributed by atoms with Gasteiger partial charge in [0.2, 0.25) is 0 Å². The minimum absolute atomic E-state index is 0.0596. The molecule has 0 bridgehead atoms. The molecule has 5 N–H and O–H groups in total. The standard InChI is InChI=1S/C21H20F3N5O2/c1-11(2)15-10-29(18(17(15)25)19(26)30)14-5-3-12(4-6-14)20(31)28-16-9-13(7-8-27-16)21(22,23)24/h3-11H,25H2,1-2H3,(H2,26,30)(H,27,28,31). The first-order valence-corrected chi connectivity index (χ1v) is 9.24. The molecule has 0 saturated heterocycles. The fourth-order valence-corrected chi connectivity index (χ4v) is 3.09. The lowest BCUT2D eigenvalue weighted by atomic mass is 10.1. The Balaban J connectivity index is 1.87. The van der Waals surface area contributed by atoms with Crippen molar-refractivity contribution in [1.29, 1.82) is 0 Å². The molecule has 0 unspecified atom stereocenters. The van der Waals surface area contributed by atoms with Crippen LogP contribution in [0.4, 0.5) is 24.7 Å². The number of carbonyl (C=O) groups is 2. The summed E-state index contributed by atoms with van der Waals surface area (Å²) in [5.74, 6) is -1.49. The number of hydrogen-bond acceptors (Lipinski definition) is 4. The molecular weight excluding hydrogens is 411 g/mol. The van der Waals surface area contributed by atoms with E-state index in [0.29, 0.717) is 11.4 Å². The number of rotatable bonds is 5. The summed E-state index contributed by atoms with van der Waals surface area (Å²) >= 11 is 0. The van der Waals surface area contributed by atoms with Crippen molar-refractivity contribution in [2.24, 2.45) is 5.73 Å². The molecular formula is C21H20F3N5O2. The number of nitrogen functional groups attached to an aromatic ring is 1. The van der Waals surface area contributed by atoms with Gasteiger partial charge in [0.05, 0.1) is 11.3 Å². The summed E-state index contributed by atoms with van der Waals surface area (Å²) in [7, 11) is 0. The van der Waals surface area contributed by atoms with Crippen LogP contribution in [0, 0.1) is 0 Å². The van der Waals surface area contributed by atoms with Crippen molar-refractivity contribution in [1.82, 2.24) is 9.55 Å². The Hall–Kier alpha value is -3.82. The molecule has 10 heteroatoms. The average molecular weight is 431 g/mol. The minimum atomic E-state index is -4.55. The van der Waals surface area contributed by atoms with E-state index in [0.717, 1.165) is 23.9 Å². The van der Waals surface area contributed by atoms with Gasteiger partial charge in [-0.25, -0.2) is 4.98 Å². The van der Waals surface area contributed by atoms with Crippen LogP contribution in [-0.2, 0) is 6.18 Å². The predicted molar refractivity (Wildman–Crippen MR) is 110 cm³/mol. The van der Waals surface area contributed by atoms with Gasteiger partial charge in [-0.3, -0.25) is 9.59 Å². The zero-order valence-electron chi connectivity index (χ0n) is 16.7. The van der Waals surface area contributed by atoms with E-state index in [9.17, 15) is 22.8 Å². The minimum Gasteiger partial charge on any atom is -0.397 e. The van der Waals surface area contributed by atoms with Crippen LogP contribution in [0.5, 0.6) is 0 Å². The number of hydrogen-bond donors (Lipinski definition) is 3. The van der Waals surface area contributed by atoms with Crippen LogP contribution in [0.3, 0.4) is 0 Å². The van der Waals surface area contributed by atoms with E-state index < -0.39 is 23.6 Å². The van der Waals surface area contributed by atoms with Crippen molar-refractivity contribution in [3.05, 3.63) is 71.2 Å². The lowest BCUT2D eigenvalue weighted by Crippen LogP contribution is -2.18. The van der Waals surface area contributed by atoms with E-state index in [2.05, 4.69) is 10.3 Å². The monoisotopic (exact) mass is 431 g/mol. The molecule has 2 amide bonds.